The zero-order valence-corrected chi connectivity index (χ0v) is 14.5. The van der Waals surface area contributed by atoms with Crippen LogP contribution in [-0.4, -0.2) is 52.3 Å². The maximum atomic E-state index is 12.2. The minimum absolute atomic E-state index is 0.0508. The van der Waals surface area contributed by atoms with Crippen LogP contribution in [0.4, 0.5) is 0 Å². The highest BCUT2D eigenvalue weighted by Gasteiger charge is 2.28. The van der Waals surface area contributed by atoms with Crippen LogP contribution >= 0.6 is 0 Å². The van der Waals surface area contributed by atoms with Gasteiger partial charge in [-0.1, -0.05) is 0 Å². The number of nitrogens with one attached hydrogen (secondary N) is 1. The van der Waals surface area contributed by atoms with E-state index in [1.165, 1.54) is 10.6 Å². The smallest absolute Gasteiger partial charge is 0.267 e. The molecule has 0 aromatic carbocycles. The van der Waals surface area contributed by atoms with Gasteiger partial charge in [0.15, 0.2) is 0 Å². The number of hydrogen-bond donors (Lipinski definition) is 1. The van der Waals surface area contributed by atoms with E-state index < -0.39 is 10.0 Å². The van der Waals surface area contributed by atoms with Gasteiger partial charge in [-0.25, -0.2) is 8.42 Å². The topological polar surface area (TPSA) is 89.2 Å². The number of hydrogen-bond acceptors (Lipinski definition) is 4. The normalized spacial score (nSPS) is 18.8. The minimum atomic E-state index is -3.32. The molecule has 1 amide bonds. The number of carbonyl (C=O) groups excluding carboxylic acids is 1. The molecule has 8 nitrogen and oxygen atoms in total. The van der Waals surface area contributed by atoms with Gasteiger partial charge in [-0.05, 0) is 18.2 Å². The first-order valence-corrected chi connectivity index (χ1v) is 9.55. The number of aryl methyl sites for hydroxylation is 1. The van der Waals surface area contributed by atoms with Crippen molar-refractivity contribution in [1.29, 1.82) is 0 Å². The van der Waals surface area contributed by atoms with Gasteiger partial charge in [0.2, 0.25) is 10.0 Å². The van der Waals surface area contributed by atoms with Gasteiger partial charge in [-0.3, -0.25) is 9.48 Å². The lowest BCUT2D eigenvalue weighted by Gasteiger charge is -2.22. The number of aromatic nitrogens is 3. The predicted molar refractivity (Wildman–Crippen MR) is 88.7 cm³/mol. The summed E-state index contributed by atoms with van der Waals surface area (Å²) >= 11 is 0. The van der Waals surface area contributed by atoms with Gasteiger partial charge in [0.25, 0.3) is 5.91 Å². The summed E-state index contributed by atoms with van der Waals surface area (Å²) in [5.74, 6) is -0.219. The van der Waals surface area contributed by atoms with Gasteiger partial charge < -0.3 is 9.88 Å². The summed E-state index contributed by atoms with van der Waals surface area (Å²) in [5.41, 5.74) is 1.43. The summed E-state index contributed by atoms with van der Waals surface area (Å²) in [7, 11) is -1.51. The van der Waals surface area contributed by atoms with Crippen LogP contribution in [0, 0.1) is 5.92 Å². The number of nitrogens with zero attached hydrogens (tertiary/aromatic N) is 4. The van der Waals surface area contributed by atoms with Crippen LogP contribution in [0.5, 0.6) is 0 Å². The highest BCUT2D eigenvalue weighted by molar-refractivity contribution is 7.88. The molecule has 0 unspecified atom stereocenters. The molecule has 0 bridgehead atoms. The second kappa shape index (κ2) is 6.40. The van der Waals surface area contributed by atoms with E-state index in [-0.39, 0.29) is 11.8 Å². The Morgan fingerprint density at radius 2 is 2.17 bits per heavy atom. The Morgan fingerprint density at radius 1 is 1.38 bits per heavy atom. The highest BCUT2D eigenvalue weighted by atomic mass is 32.2. The van der Waals surface area contributed by atoms with E-state index in [0.717, 1.165) is 5.69 Å². The Kier molecular flexibility index (Phi) is 4.46. The summed E-state index contributed by atoms with van der Waals surface area (Å²) in [5, 5.41) is 7.15. The average Bonchev–Trinajstić information content (AvgIpc) is 3.08. The largest absolute Gasteiger partial charge is 0.350 e. The van der Waals surface area contributed by atoms with Gasteiger partial charge in [0.05, 0.1) is 18.5 Å². The predicted octanol–water partition coefficient (Wildman–Crippen LogP) is 0.0430. The molecular weight excluding hydrogens is 330 g/mol. The van der Waals surface area contributed by atoms with Crippen LogP contribution in [0.1, 0.15) is 16.2 Å². The molecule has 0 saturated carbocycles. The van der Waals surface area contributed by atoms with Crippen LogP contribution in [0.25, 0.3) is 0 Å². The fraction of sp³-hybridized carbons (Fsp3) is 0.467. The third kappa shape index (κ3) is 3.51. The van der Waals surface area contributed by atoms with E-state index >= 15 is 0 Å². The van der Waals surface area contributed by atoms with E-state index in [9.17, 15) is 13.2 Å². The molecule has 24 heavy (non-hydrogen) atoms. The van der Waals surface area contributed by atoms with Crippen LogP contribution in [0.2, 0.25) is 0 Å². The molecule has 3 heterocycles. The molecule has 1 N–H and O–H groups in total. The van der Waals surface area contributed by atoms with Crippen molar-refractivity contribution in [2.75, 3.05) is 19.3 Å². The SMILES string of the molecule is Cn1cccc1C(=O)NC[C@H]1CN(S(C)(=O)=O)Cc2ccnn2C1. The van der Waals surface area contributed by atoms with Gasteiger partial charge in [-0.2, -0.15) is 9.40 Å². The van der Waals surface area contributed by atoms with Gasteiger partial charge >= 0.3 is 0 Å². The van der Waals surface area contributed by atoms with E-state index in [4.69, 9.17) is 0 Å². The quantitative estimate of drug-likeness (QED) is 0.842. The maximum Gasteiger partial charge on any atom is 0.267 e. The van der Waals surface area contributed by atoms with Crippen LogP contribution in [0.3, 0.4) is 0 Å². The third-order valence-corrected chi connectivity index (χ3v) is 5.45. The van der Waals surface area contributed by atoms with Crippen molar-refractivity contribution in [2.24, 2.45) is 13.0 Å². The number of rotatable bonds is 4. The third-order valence-electron chi connectivity index (χ3n) is 4.23. The van der Waals surface area contributed by atoms with Crippen LogP contribution in [0.15, 0.2) is 30.6 Å². The summed E-state index contributed by atoms with van der Waals surface area (Å²) in [4.78, 5) is 12.2. The molecule has 0 radical (unpaired) electrons. The summed E-state index contributed by atoms with van der Waals surface area (Å²) < 4.78 is 29.0. The van der Waals surface area contributed by atoms with Gasteiger partial charge in [-0.15, -0.1) is 0 Å². The maximum absolute atomic E-state index is 12.2. The molecule has 0 saturated heterocycles. The first-order chi connectivity index (χ1) is 11.3. The standard InChI is InChI=1S/C15H21N5O3S/c1-18-7-3-4-14(18)15(21)16-8-12-9-19(24(2,22)23)11-13-5-6-17-20(13)10-12/h3-7,12H,8-11H2,1-2H3,(H,16,21)/t12-/m0/s1. The summed E-state index contributed by atoms with van der Waals surface area (Å²) in [6.07, 6.45) is 4.68. The Hall–Kier alpha value is -2.13. The summed E-state index contributed by atoms with van der Waals surface area (Å²) in [6, 6.07) is 5.38. The molecule has 1 aliphatic rings. The first kappa shape index (κ1) is 16.7. The number of fused-ring (bicyclic) bond motifs is 1. The highest BCUT2D eigenvalue weighted by Crippen LogP contribution is 2.17. The second-order valence-electron chi connectivity index (χ2n) is 6.14. The monoisotopic (exact) mass is 351 g/mol. The lowest BCUT2D eigenvalue weighted by molar-refractivity contribution is 0.0936. The van der Waals surface area contributed by atoms with Crippen molar-refractivity contribution in [3.63, 3.8) is 0 Å². The zero-order chi connectivity index (χ0) is 17.3. The van der Waals surface area contributed by atoms with Crippen LogP contribution < -0.4 is 5.32 Å². The zero-order valence-electron chi connectivity index (χ0n) is 13.7. The van der Waals surface area contributed by atoms with Crippen molar-refractivity contribution in [3.8, 4) is 0 Å². The molecule has 1 aliphatic heterocycles. The molecule has 3 rings (SSSR count). The lowest BCUT2D eigenvalue weighted by atomic mass is 10.1. The van der Waals surface area contributed by atoms with Crippen LogP contribution in [-0.2, 0) is 30.2 Å². The Labute approximate surface area is 141 Å². The Morgan fingerprint density at radius 3 is 2.83 bits per heavy atom. The minimum Gasteiger partial charge on any atom is -0.350 e. The van der Waals surface area contributed by atoms with Crippen molar-refractivity contribution >= 4 is 15.9 Å². The van der Waals surface area contributed by atoms with Crippen molar-refractivity contribution in [1.82, 2.24) is 24.0 Å². The molecular formula is C15H21N5O3S. The molecule has 2 aromatic rings. The Bertz CT molecular complexity index is 839. The molecule has 130 valence electrons. The van der Waals surface area contributed by atoms with Gasteiger partial charge in [0.1, 0.15) is 5.69 Å². The molecule has 0 spiro atoms. The molecule has 1 atom stereocenters. The fourth-order valence-corrected chi connectivity index (χ4v) is 3.75. The van der Waals surface area contributed by atoms with Crippen molar-refractivity contribution < 1.29 is 13.2 Å². The van der Waals surface area contributed by atoms with E-state index in [1.54, 1.807) is 16.8 Å². The molecule has 0 fully saturated rings. The lowest BCUT2D eigenvalue weighted by Crippen LogP contribution is -2.39. The number of carbonyl (C=O) groups is 1. The fourth-order valence-electron chi connectivity index (χ4n) is 2.90. The molecule has 0 aliphatic carbocycles. The van der Waals surface area contributed by atoms with Crippen molar-refractivity contribution in [2.45, 2.75) is 13.1 Å². The average molecular weight is 351 g/mol. The van der Waals surface area contributed by atoms with E-state index in [0.29, 0.717) is 31.9 Å². The van der Waals surface area contributed by atoms with E-state index in [2.05, 4.69) is 10.4 Å². The Balaban J connectivity index is 1.73. The number of amides is 1. The second-order valence-corrected chi connectivity index (χ2v) is 8.12. The van der Waals surface area contributed by atoms with Crippen molar-refractivity contribution in [3.05, 3.63) is 42.0 Å². The molecule has 9 heteroatoms. The van der Waals surface area contributed by atoms with E-state index in [1.807, 2.05) is 30.1 Å². The first-order valence-electron chi connectivity index (χ1n) is 7.70. The molecule has 2 aromatic heterocycles. The number of sulfonamides is 1. The van der Waals surface area contributed by atoms with Gasteiger partial charge in [0, 0.05) is 45.0 Å². The summed E-state index contributed by atoms with van der Waals surface area (Å²) in [6.45, 7) is 1.62.